The summed E-state index contributed by atoms with van der Waals surface area (Å²) in [5.41, 5.74) is 1.25. The van der Waals surface area contributed by atoms with Crippen molar-refractivity contribution in [3.8, 4) is 16.2 Å². The lowest BCUT2D eigenvalue weighted by atomic mass is 10.0. The third-order valence-electron chi connectivity index (χ3n) is 7.11. The highest BCUT2D eigenvalue weighted by molar-refractivity contribution is 7.16. The summed E-state index contributed by atoms with van der Waals surface area (Å²) in [5, 5.41) is 14.6. The van der Waals surface area contributed by atoms with Crippen LogP contribution in [0.3, 0.4) is 0 Å². The summed E-state index contributed by atoms with van der Waals surface area (Å²) in [4.78, 5) is 32.8. The van der Waals surface area contributed by atoms with Crippen molar-refractivity contribution in [3.63, 3.8) is 0 Å². The van der Waals surface area contributed by atoms with Crippen molar-refractivity contribution in [2.24, 2.45) is 7.05 Å². The smallest absolute Gasteiger partial charge is 0.274 e. The summed E-state index contributed by atoms with van der Waals surface area (Å²) in [6.07, 6.45) is 6.03. The first-order valence-electron chi connectivity index (χ1n) is 12.3. The van der Waals surface area contributed by atoms with E-state index >= 15 is 0 Å². The molecule has 0 spiro atoms. The summed E-state index contributed by atoms with van der Waals surface area (Å²) in [6.45, 7) is 7.15. The van der Waals surface area contributed by atoms with E-state index in [-0.39, 0.29) is 17.5 Å². The number of likely N-dealkylation sites (tertiary alicyclic amines) is 1. The standard InChI is InChI=1S/C26H34N4O4S/c1-14-21(34-13-16-7-6-10-29(16)4)22(35-23(14)26(2,3)33)18-12-30(5)25(32)20-17(18)11-19(28-20)24(31)27-15-8-9-15/h11-12,15-16,28,33H,6-10,13H2,1-5H3,(H,27,31). The number of H-pyrrole nitrogens is 1. The Morgan fingerprint density at radius 3 is 2.69 bits per heavy atom. The molecule has 2 fully saturated rings. The predicted octanol–water partition coefficient (Wildman–Crippen LogP) is 3.50. The normalized spacial score (nSPS) is 19.0. The number of pyridine rings is 1. The van der Waals surface area contributed by atoms with Gasteiger partial charge in [-0.2, -0.15) is 0 Å². The third kappa shape index (κ3) is 4.52. The van der Waals surface area contributed by atoms with Crippen LogP contribution < -0.4 is 15.6 Å². The Balaban J connectivity index is 1.63. The molecule has 1 saturated heterocycles. The number of rotatable bonds is 7. The number of fused-ring (bicyclic) bond motifs is 1. The van der Waals surface area contributed by atoms with E-state index in [1.165, 1.54) is 15.9 Å². The first-order chi connectivity index (χ1) is 16.5. The Hall–Kier alpha value is -2.62. The van der Waals surface area contributed by atoms with E-state index in [0.717, 1.165) is 58.9 Å². The van der Waals surface area contributed by atoms with Crippen LogP contribution in [0.15, 0.2) is 17.1 Å². The third-order valence-corrected chi connectivity index (χ3v) is 8.72. The minimum atomic E-state index is -1.04. The molecule has 3 aromatic rings. The molecule has 1 aliphatic heterocycles. The molecule has 1 amide bonds. The minimum Gasteiger partial charge on any atom is -0.490 e. The number of likely N-dealkylation sites (N-methyl/N-ethyl adjacent to an activating group) is 1. The van der Waals surface area contributed by atoms with Crippen molar-refractivity contribution in [1.82, 2.24) is 19.8 Å². The number of nitrogens with one attached hydrogen (secondary N) is 2. The highest BCUT2D eigenvalue weighted by atomic mass is 32.1. The second-order valence-electron chi connectivity index (χ2n) is 10.5. The average Bonchev–Trinajstić information content (AvgIpc) is 3.17. The monoisotopic (exact) mass is 498 g/mol. The lowest BCUT2D eigenvalue weighted by Gasteiger charge is -2.21. The number of hydrogen-bond donors (Lipinski definition) is 3. The van der Waals surface area contributed by atoms with Gasteiger partial charge in [-0.05, 0) is 66.1 Å². The number of aromatic nitrogens is 2. The zero-order chi connectivity index (χ0) is 25.1. The fourth-order valence-electron chi connectivity index (χ4n) is 4.93. The van der Waals surface area contributed by atoms with E-state index in [9.17, 15) is 14.7 Å². The second-order valence-corrected chi connectivity index (χ2v) is 11.6. The largest absolute Gasteiger partial charge is 0.490 e. The van der Waals surface area contributed by atoms with Crippen LogP contribution in [0.5, 0.6) is 5.75 Å². The Morgan fingerprint density at radius 2 is 2.06 bits per heavy atom. The Labute approximate surface area is 208 Å². The Kier molecular flexibility index (Phi) is 6.05. The number of carbonyl (C=O) groups is 1. The predicted molar refractivity (Wildman–Crippen MR) is 138 cm³/mol. The summed E-state index contributed by atoms with van der Waals surface area (Å²) in [7, 11) is 3.83. The van der Waals surface area contributed by atoms with Gasteiger partial charge in [0.1, 0.15) is 23.6 Å². The molecule has 0 radical (unpaired) electrons. The zero-order valence-corrected chi connectivity index (χ0v) is 21.8. The van der Waals surface area contributed by atoms with Gasteiger partial charge in [0, 0.05) is 46.7 Å². The van der Waals surface area contributed by atoms with Gasteiger partial charge in [-0.3, -0.25) is 9.59 Å². The number of aryl methyl sites for hydroxylation is 1. The number of carbonyl (C=O) groups excluding carboxylic acids is 1. The number of thiophene rings is 1. The molecular formula is C26H34N4O4S. The van der Waals surface area contributed by atoms with Gasteiger partial charge in [-0.25, -0.2) is 0 Å². The highest BCUT2D eigenvalue weighted by Gasteiger charge is 2.31. The molecule has 35 heavy (non-hydrogen) atoms. The van der Waals surface area contributed by atoms with Gasteiger partial charge in [-0.1, -0.05) is 0 Å². The van der Waals surface area contributed by atoms with E-state index in [2.05, 4.69) is 22.2 Å². The van der Waals surface area contributed by atoms with Crippen LogP contribution >= 0.6 is 11.3 Å². The van der Waals surface area contributed by atoms with Gasteiger partial charge in [0.2, 0.25) is 0 Å². The van der Waals surface area contributed by atoms with Gasteiger partial charge in [0.05, 0.1) is 10.5 Å². The van der Waals surface area contributed by atoms with Crippen molar-refractivity contribution < 1.29 is 14.6 Å². The first kappa shape index (κ1) is 24.1. The maximum Gasteiger partial charge on any atom is 0.274 e. The molecule has 3 aromatic heterocycles. The van der Waals surface area contributed by atoms with Gasteiger partial charge in [0.25, 0.3) is 11.5 Å². The minimum absolute atomic E-state index is 0.194. The molecule has 1 unspecified atom stereocenters. The fourth-order valence-corrected chi connectivity index (χ4v) is 6.21. The quantitative estimate of drug-likeness (QED) is 0.463. The fraction of sp³-hybridized carbons (Fsp3) is 0.538. The van der Waals surface area contributed by atoms with Crippen LogP contribution in [0.4, 0.5) is 0 Å². The van der Waals surface area contributed by atoms with Crippen LogP contribution in [0, 0.1) is 6.92 Å². The van der Waals surface area contributed by atoms with Crippen LogP contribution in [0.1, 0.15) is 60.5 Å². The molecule has 5 rings (SSSR count). The molecule has 8 nitrogen and oxygen atoms in total. The number of hydrogen-bond acceptors (Lipinski definition) is 6. The van der Waals surface area contributed by atoms with Crippen LogP contribution in [0.25, 0.3) is 21.3 Å². The van der Waals surface area contributed by atoms with Crippen molar-refractivity contribution in [2.75, 3.05) is 20.2 Å². The van der Waals surface area contributed by atoms with Gasteiger partial charge >= 0.3 is 0 Å². The molecule has 2 aliphatic rings. The number of ether oxygens (including phenoxy) is 1. The van der Waals surface area contributed by atoms with E-state index in [0.29, 0.717) is 29.2 Å². The van der Waals surface area contributed by atoms with Crippen LogP contribution in [-0.2, 0) is 12.6 Å². The zero-order valence-electron chi connectivity index (χ0n) is 21.0. The summed E-state index contributed by atoms with van der Waals surface area (Å²) < 4.78 is 8.00. The molecule has 3 N–H and O–H groups in total. The van der Waals surface area contributed by atoms with Gasteiger partial charge in [0.15, 0.2) is 0 Å². The van der Waals surface area contributed by atoms with Crippen LogP contribution in [-0.4, -0.2) is 57.7 Å². The Morgan fingerprint density at radius 1 is 1.31 bits per heavy atom. The molecule has 0 bridgehead atoms. The molecule has 4 heterocycles. The second kappa shape index (κ2) is 8.80. The molecule has 0 aromatic carbocycles. The molecule has 188 valence electrons. The Bertz CT molecular complexity index is 1340. The number of aromatic amines is 1. The summed E-state index contributed by atoms with van der Waals surface area (Å²) in [5.74, 6) is 0.537. The molecule has 1 atom stereocenters. The van der Waals surface area contributed by atoms with Crippen molar-refractivity contribution in [2.45, 2.75) is 64.1 Å². The molecule has 1 saturated carbocycles. The first-order valence-corrected chi connectivity index (χ1v) is 13.1. The van der Waals surface area contributed by atoms with Crippen LogP contribution in [0.2, 0.25) is 0 Å². The van der Waals surface area contributed by atoms with Crippen molar-refractivity contribution in [3.05, 3.63) is 38.8 Å². The lowest BCUT2D eigenvalue weighted by Crippen LogP contribution is -2.30. The number of amides is 1. The van der Waals surface area contributed by atoms with E-state index in [1.807, 2.05) is 6.92 Å². The van der Waals surface area contributed by atoms with Gasteiger partial charge in [-0.15, -0.1) is 11.3 Å². The number of nitrogens with zero attached hydrogens (tertiary/aromatic N) is 2. The van der Waals surface area contributed by atoms with Crippen molar-refractivity contribution in [1.29, 1.82) is 0 Å². The maximum absolute atomic E-state index is 13.0. The van der Waals surface area contributed by atoms with E-state index in [1.54, 1.807) is 33.2 Å². The molecular weight excluding hydrogens is 464 g/mol. The topological polar surface area (TPSA) is 99.6 Å². The lowest BCUT2D eigenvalue weighted by molar-refractivity contribution is 0.0815. The van der Waals surface area contributed by atoms with E-state index < -0.39 is 5.60 Å². The maximum atomic E-state index is 13.0. The van der Waals surface area contributed by atoms with Gasteiger partial charge < -0.3 is 29.6 Å². The average molecular weight is 499 g/mol. The van der Waals surface area contributed by atoms with E-state index in [4.69, 9.17) is 4.74 Å². The summed E-state index contributed by atoms with van der Waals surface area (Å²) >= 11 is 1.48. The van der Waals surface area contributed by atoms with Crippen molar-refractivity contribution >= 4 is 28.1 Å². The summed E-state index contributed by atoms with van der Waals surface area (Å²) in [6, 6.07) is 2.33. The SMILES string of the molecule is Cc1c(C(C)(C)O)sc(-c2cn(C)c(=O)c3[nH]c(C(=O)NC4CC4)cc23)c1OCC1CCCN1C. The molecule has 1 aliphatic carbocycles. The molecule has 9 heteroatoms. The number of aliphatic hydroxyl groups is 1. The highest BCUT2D eigenvalue weighted by Crippen LogP contribution is 2.47.